The normalized spacial score (nSPS) is 10.9. The molecule has 0 unspecified atom stereocenters. The first kappa shape index (κ1) is 10.9. The largest absolute Gasteiger partial charge is 0.252 e. The lowest BCUT2D eigenvalue weighted by molar-refractivity contribution is 1.23. The van der Waals surface area contributed by atoms with Crippen LogP contribution in [0, 0.1) is 0 Å². The number of aromatic nitrogens is 3. The third-order valence-electron chi connectivity index (χ3n) is 2.28. The molecule has 3 aromatic rings. The van der Waals surface area contributed by atoms with Crippen molar-refractivity contribution < 1.29 is 0 Å². The molecule has 0 aliphatic heterocycles. The third-order valence-corrected chi connectivity index (χ3v) is 3.64. The minimum Gasteiger partial charge on any atom is -0.252 e. The molecule has 2 aromatic heterocycles. The maximum Gasteiger partial charge on any atom is 0.173 e. The molecule has 0 N–H and O–H groups in total. The molecule has 84 valence electrons. The molecule has 1 aromatic carbocycles. The Morgan fingerprint density at radius 2 is 2.00 bits per heavy atom. The fourth-order valence-corrected chi connectivity index (χ4v) is 2.67. The smallest absolute Gasteiger partial charge is 0.173 e. The summed E-state index contributed by atoms with van der Waals surface area (Å²) in [7, 11) is 0. The Hall–Kier alpha value is -1.23. The van der Waals surface area contributed by atoms with E-state index in [1.54, 1.807) is 17.8 Å². The number of thiazole rings is 1. The van der Waals surface area contributed by atoms with Crippen LogP contribution in [0.2, 0.25) is 10.2 Å². The first-order valence-electron chi connectivity index (χ1n) is 4.76. The summed E-state index contributed by atoms with van der Waals surface area (Å²) in [6.45, 7) is 0. The Kier molecular flexibility index (Phi) is 2.70. The minimum atomic E-state index is 0.365. The highest BCUT2D eigenvalue weighted by molar-refractivity contribution is 7.13. The van der Waals surface area contributed by atoms with Crippen molar-refractivity contribution in [1.82, 2.24) is 15.0 Å². The van der Waals surface area contributed by atoms with Crippen LogP contribution >= 0.6 is 34.5 Å². The van der Waals surface area contributed by atoms with Crippen molar-refractivity contribution >= 4 is 45.4 Å². The van der Waals surface area contributed by atoms with Crippen LogP contribution in [-0.2, 0) is 0 Å². The number of fused-ring (bicyclic) bond motifs is 1. The van der Waals surface area contributed by atoms with Gasteiger partial charge in [0.1, 0.15) is 5.15 Å². The van der Waals surface area contributed by atoms with E-state index in [9.17, 15) is 0 Å². The van der Waals surface area contributed by atoms with Crippen molar-refractivity contribution in [1.29, 1.82) is 0 Å². The average Bonchev–Trinajstić information content (AvgIpc) is 2.81. The van der Waals surface area contributed by atoms with E-state index in [0.717, 1.165) is 10.4 Å². The maximum absolute atomic E-state index is 6.13. The molecule has 0 fully saturated rings. The lowest BCUT2D eigenvalue weighted by Gasteiger charge is -2.03. The van der Waals surface area contributed by atoms with Gasteiger partial charge in [0.15, 0.2) is 5.82 Å². The van der Waals surface area contributed by atoms with Crippen LogP contribution in [0.5, 0.6) is 0 Å². The number of hydrogen-bond acceptors (Lipinski definition) is 4. The molecule has 0 radical (unpaired) electrons. The fraction of sp³-hybridized carbons (Fsp3) is 0. The van der Waals surface area contributed by atoms with Crippen LogP contribution in [-0.4, -0.2) is 15.0 Å². The number of hydrogen-bond donors (Lipinski definition) is 0. The number of benzene rings is 1. The topological polar surface area (TPSA) is 38.7 Å². The Morgan fingerprint density at radius 1 is 1.12 bits per heavy atom. The monoisotopic (exact) mass is 281 g/mol. The van der Waals surface area contributed by atoms with E-state index in [2.05, 4.69) is 15.0 Å². The lowest BCUT2D eigenvalue weighted by atomic mass is 10.2. The van der Waals surface area contributed by atoms with Gasteiger partial charge in [-0.2, -0.15) is 0 Å². The van der Waals surface area contributed by atoms with Crippen LogP contribution in [0.3, 0.4) is 0 Å². The molecule has 2 heterocycles. The van der Waals surface area contributed by atoms with E-state index in [1.807, 2.05) is 12.1 Å². The average molecular weight is 282 g/mol. The predicted molar refractivity (Wildman–Crippen MR) is 70.7 cm³/mol. The van der Waals surface area contributed by atoms with Gasteiger partial charge in [-0.25, -0.2) is 9.97 Å². The zero-order valence-corrected chi connectivity index (χ0v) is 10.7. The summed E-state index contributed by atoms with van der Waals surface area (Å²) < 4.78 is 0. The molecule has 0 saturated heterocycles. The molecular weight excluding hydrogens is 277 g/mol. The number of nitrogens with zero attached hydrogens (tertiary/aromatic N) is 3. The SMILES string of the molecule is Clc1cccc2nc(-c3cncs3)nc(Cl)c12. The summed E-state index contributed by atoms with van der Waals surface area (Å²) in [5, 5.41) is 1.61. The van der Waals surface area contributed by atoms with Gasteiger partial charge >= 0.3 is 0 Å². The van der Waals surface area contributed by atoms with Crippen LogP contribution < -0.4 is 0 Å². The van der Waals surface area contributed by atoms with Crippen molar-refractivity contribution in [3.63, 3.8) is 0 Å². The molecule has 6 heteroatoms. The molecule has 3 nitrogen and oxygen atoms in total. The first-order valence-corrected chi connectivity index (χ1v) is 6.40. The van der Waals surface area contributed by atoms with E-state index >= 15 is 0 Å². The molecule has 0 bridgehead atoms. The van der Waals surface area contributed by atoms with Crippen molar-refractivity contribution in [3.05, 3.63) is 40.1 Å². The molecule has 0 saturated carbocycles. The summed E-state index contributed by atoms with van der Waals surface area (Å²) in [5.41, 5.74) is 2.47. The number of halogens is 2. The molecule has 17 heavy (non-hydrogen) atoms. The molecule has 0 amide bonds. The van der Waals surface area contributed by atoms with E-state index in [1.165, 1.54) is 11.3 Å². The second-order valence-corrected chi connectivity index (χ2v) is 4.99. The highest BCUT2D eigenvalue weighted by atomic mass is 35.5. The quantitative estimate of drug-likeness (QED) is 0.632. The molecule has 0 atom stereocenters. The van der Waals surface area contributed by atoms with Gasteiger partial charge < -0.3 is 0 Å². The van der Waals surface area contributed by atoms with Gasteiger partial charge in [0.05, 0.1) is 26.3 Å². The third kappa shape index (κ3) is 1.88. The van der Waals surface area contributed by atoms with Crippen LogP contribution in [0.1, 0.15) is 0 Å². The molecule has 0 aliphatic carbocycles. The Morgan fingerprint density at radius 3 is 2.76 bits per heavy atom. The second kappa shape index (κ2) is 4.22. The van der Waals surface area contributed by atoms with Gasteiger partial charge in [-0.15, -0.1) is 11.3 Å². The lowest BCUT2D eigenvalue weighted by Crippen LogP contribution is -1.90. The van der Waals surface area contributed by atoms with Crippen LogP contribution in [0.15, 0.2) is 29.9 Å². The van der Waals surface area contributed by atoms with Crippen molar-refractivity contribution in [3.8, 4) is 10.7 Å². The van der Waals surface area contributed by atoms with Crippen molar-refractivity contribution in [2.45, 2.75) is 0 Å². The highest BCUT2D eigenvalue weighted by Gasteiger charge is 2.11. The summed E-state index contributed by atoms with van der Waals surface area (Å²) in [6, 6.07) is 5.47. The van der Waals surface area contributed by atoms with E-state index in [-0.39, 0.29) is 0 Å². The standard InChI is InChI=1S/C11H5Cl2N3S/c12-6-2-1-3-7-9(6)10(13)16-11(15-7)8-4-14-5-17-8/h1-5H. The maximum atomic E-state index is 6.13. The highest BCUT2D eigenvalue weighted by Crippen LogP contribution is 2.30. The fourth-order valence-electron chi connectivity index (χ4n) is 1.53. The molecular formula is C11H5Cl2N3S. The molecule has 0 spiro atoms. The van der Waals surface area contributed by atoms with Gasteiger partial charge in [-0.05, 0) is 12.1 Å². The van der Waals surface area contributed by atoms with E-state index < -0.39 is 0 Å². The van der Waals surface area contributed by atoms with Crippen LogP contribution in [0.25, 0.3) is 21.6 Å². The van der Waals surface area contributed by atoms with Gasteiger partial charge in [-0.1, -0.05) is 29.3 Å². The summed E-state index contributed by atoms with van der Waals surface area (Å²) in [6.07, 6.45) is 1.71. The predicted octanol–water partition coefficient (Wildman–Crippen LogP) is 4.06. The Bertz CT molecular complexity index is 682. The minimum absolute atomic E-state index is 0.365. The van der Waals surface area contributed by atoms with Crippen LogP contribution in [0.4, 0.5) is 0 Å². The number of rotatable bonds is 1. The van der Waals surface area contributed by atoms with E-state index in [4.69, 9.17) is 23.2 Å². The van der Waals surface area contributed by atoms with Crippen molar-refractivity contribution in [2.24, 2.45) is 0 Å². The molecule has 3 rings (SSSR count). The zero-order valence-electron chi connectivity index (χ0n) is 8.39. The molecule has 0 aliphatic rings. The summed E-state index contributed by atoms with van der Waals surface area (Å²) in [5.74, 6) is 0.576. The van der Waals surface area contributed by atoms with Gasteiger partial charge in [0.25, 0.3) is 0 Å². The Labute approximate surface area is 111 Å². The summed E-state index contributed by atoms with van der Waals surface area (Å²) >= 11 is 13.7. The second-order valence-electron chi connectivity index (χ2n) is 3.34. The zero-order chi connectivity index (χ0) is 11.8. The van der Waals surface area contributed by atoms with Crippen molar-refractivity contribution in [2.75, 3.05) is 0 Å². The van der Waals surface area contributed by atoms with Gasteiger partial charge in [-0.3, -0.25) is 4.98 Å². The Balaban J connectivity index is 2.32. The first-order chi connectivity index (χ1) is 8.25. The van der Waals surface area contributed by atoms with Gasteiger partial charge in [0, 0.05) is 6.20 Å². The van der Waals surface area contributed by atoms with E-state index in [0.29, 0.717) is 21.4 Å². The summed E-state index contributed by atoms with van der Waals surface area (Å²) in [4.78, 5) is 13.6. The van der Waals surface area contributed by atoms with Gasteiger partial charge in [0.2, 0.25) is 0 Å².